The molecule has 0 aliphatic carbocycles. The SMILES string of the molecule is COC(=O)c1cccc(CSc2ccc(N)c(C)c2)c1. The summed E-state index contributed by atoms with van der Waals surface area (Å²) in [6.45, 7) is 2.00. The van der Waals surface area contributed by atoms with Crippen LogP contribution in [0.2, 0.25) is 0 Å². The van der Waals surface area contributed by atoms with E-state index in [0.29, 0.717) is 5.56 Å². The van der Waals surface area contributed by atoms with Crippen LogP contribution in [-0.4, -0.2) is 13.1 Å². The molecule has 0 amide bonds. The first kappa shape index (κ1) is 14.5. The van der Waals surface area contributed by atoms with Gasteiger partial charge in [-0.1, -0.05) is 12.1 Å². The molecule has 0 aliphatic rings. The summed E-state index contributed by atoms with van der Waals surface area (Å²) in [5, 5.41) is 0. The van der Waals surface area contributed by atoms with Gasteiger partial charge in [0.1, 0.15) is 0 Å². The summed E-state index contributed by atoms with van der Waals surface area (Å²) in [5.74, 6) is 0.494. The lowest BCUT2D eigenvalue weighted by molar-refractivity contribution is 0.0600. The van der Waals surface area contributed by atoms with Crippen LogP contribution in [0, 0.1) is 6.92 Å². The molecule has 0 radical (unpaired) electrons. The van der Waals surface area contributed by atoms with E-state index in [0.717, 1.165) is 22.6 Å². The Bertz CT molecular complexity index is 626. The summed E-state index contributed by atoms with van der Waals surface area (Å²) in [7, 11) is 1.39. The van der Waals surface area contributed by atoms with Gasteiger partial charge in [0.15, 0.2) is 0 Å². The van der Waals surface area contributed by atoms with Crippen LogP contribution in [0.4, 0.5) is 5.69 Å². The standard InChI is InChI=1S/C16H17NO2S/c1-11-8-14(6-7-15(11)17)20-10-12-4-3-5-13(9-12)16(18)19-2/h3-9H,10,17H2,1-2H3. The Morgan fingerprint density at radius 3 is 2.75 bits per heavy atom. The van der Waals surface area contributed by atoms with Gasteiger partial charge in [0.25, 0.3) is 0 Å². The van der Waals surface area contributed by atoms with Crippen molar-refractivity contribution in [1.82, 2.24) is 0 Å². The minimum Gasteiger partial charge on any atom is -0.465 e. The van der Waals surface area contributed by atoms with Crippen LogP contribution in [0.3, 0.4) is 0 Å². The number of thioether (sulfide) groups is 1. The molecule has 0 heterocycles. The number of ether oxygens (including phenoxy) is 1. The predicted octanol–water partition coefficient (Wildman–Crippen LogP) is 3.66. The van der Waals surface area contributed by atoms with E-state index in [1.807, 2.05) is 37.3 Å². The van der Waals surface area contributed by atoms with Crippen LogP contribution in [-0.2, 0) is 10.5 Å². The Labute approximate surface area is 123 Å². The molecular weight excluding hydrogens is 270 g/mol. The fourth-order valence-corrected chi connectivity index (χ4v) is 2.75. The van der Waals surface area contributed by atoms with E-state index in [1.165, 1.54) is 12.0 Å². The molecule has 0 fully saturated rings. The first-order valence-electron chi connectivity index (χ1n) is 6.26. The fourth-order valence-electron chi connectivity index (χ4n) is 1.81. The first-order chi connectivity index (χ1) is 9.60. The maximum absolute atomic E-state index is 11.5. The normalized spacial score (nSPS) is 10.3. The third-order valence-electron chi connectivity index (χ3n) is 2.99. The van der Waals surface area contributed by atoms with Crippen molar-refractivity contribution in [2.75, 3.05) is 12.8 Å². The molecule has 0 saturated heterocycles. The molecule has 0 spiro atoms. The summed E-state index contributed by atoms with van der Waals surface area (Å²) in [6.07, 6.45) is 0. The van der Waals surface area contributed by atoms with Crippen molar-refractivity contribution in [2.45, 2.75) is 17.6 Å². The Hall–Kier alpha value is -1.94. The lowest BCUT2D eigenvalue weighted by atomic mass is 10.1. The van der Waals surface area contributed by atoms with Crippen molar-refractivity contribution in [3.8, 4) is 0 Å². The maximum Gasteiger partial charge on any atom is 0.337 e. The van der Waals surface area contributed by atoms with E-state index in [1.54, 1.807) is 17.8 Å². The van der Waals surface area contributed by atoms with E-state index in [2.05, 4.69) is 6.07 Å². The van der Waals surface area contributed by atoms with Gasteiger partial charge in [0, 0.05) is 16.3 Å². The number of benzene rings is 2. The highest BCUT2D eigenvalue weighted by molar-refractivity contribution is 7.98. The quantitative estimate of drug-likeness (QED) is 0.530. The molecule has 2 N–H and O–H groups in total. The largest absolute Gasteiger partial charge is 0.465 e. The minimum atomic E-state index is -0.305. The molecule has 0 atom stereocenters. The van der Waals surface area contributed by atoms with Gasteiger partial charge in [-0.2, -0.15) is 0 Å². The summed E-state index contributed by atoms with van der Waals surface area (Å²) < 4.78 is 4.72. The fraction of sp³-hybridized carbons (Fsp3) is 0.188. The molecule has 0 saturated carbocycles. The zero-order valence-corrected chi connectivity index (χ0v) is 12.4. The number of hydrogen-bond donors (Lipinski definition) is 1. The van der Waals surface area contributed by atoms with Crippen molar-refractivity contribution in [3.63, 3.8) is 0 Å². The van der Waals surface area contributed by atoms with Gasteiger partial charge in [-0.05, 0) is 48.4 Å². The average Bonchev–Trinajstić information content (AvgIpc) is 2.48. The van der Waals surface area contributed by atoms with Crippen molar-refractivity contribution in [3.05, 3.63) is 59.2 Å². The molecule has 0 aliphatic heterocycles. The Morgan fingerprint density at radius 2 is 2.05 bits per heavy atom. The second-order valence-electron chi connectivity index (χ2n) is 4.50. The van der Waals surface area contributed by atoms with E-state index >= 15 is 0 Å². The smallest absolute Gasteiger partial charge is 0.337 e. The van der Waals surface area contributed by atoms with Crippen molar-refractivity contribution >= 4 is 23.4 Å². The summed E-state index contributed by atoms with van der Waals surface area (Å²) in [4.78, 5) is 12.6. The van der Waals surface area contributed by atoms with Gasteiger partial charge in [-0.3, -0.25) is 0 Å². The molecule has 20 heavy (non-hydrogen) atoms. The second kappa shape index (κ2) is 6.48. The molecule has 4 heteroatoms. The third-order valence-corrected chi connectivity index (χ3v) is 4.06. The highest BCUT2D eigenvalue weighted by Gasteiger charge is 2.06. The Morgan fingerprint density at radius 1 is 1.25 bits per heavy atom. The third kappa shape index (κ3) is 3.54. The van der Waals surface area contributed by atoms with Gasteiger partial charge in [-0.25, -0.2) is 4.79 Å². The molecule has 2 rings (SSSR count). The van der Waals surface area contributed by atoms with E-state index in [4.69, 9.17) is 10.5 Å². The van der Waals surface area contributed by atoms with Gasteiger partial charge >= 0.3 is 5.97 Å². The maximum atomic E-state index is 11.5. The molecule has 3 nitrogen and oxygen atoms in total. The highest BCUT2D eigenvalue weighted by atomic mass is 32.2. The van der Waals surface area contributed by atoms with Crippen molar-refractivity contribution in [2.24, 2.45) is 0 Å². The number of nitrogen functional groups attached to an aromatic ring is 1. The average molecular weight is 287 g/mol. The zero-order valence-electron chi connectivity index (χ0n) is 11.6. The van der Waals surface area contributed by atoms with Crippen molar-refractivity contribution in [1.29, 1.82) is 0 Å². The van der Waals surface area contributed by atoms with Crippen molar-refractivity contribution < 1.29 is 9.53 Å². The Kier molecular flexibility index (Phi) is 4.69. The summed E-state index contributed by atoms with van der Waals surface area (Å²) in [6, 6.07) is 13.5. The van der Waals surface area contributed by atoms with E-state index in [-0.39, 0.29) is 5.97 Å². The molecule has 104 valence electrons. The lowest BCUT2D eigenvalue weighted by Crippen LogP contribution is -2.01. The molecule has 0 unspecified atom stereocenters. The number of anilines is 1. The topological polar surface area (TPSA) is 52.3 Å². The van der Waals surface area contributed by atoms with Gasteiger partial charge in [-0.15, -0.1) is 11.8 Å². The van der Waals surface area contributed by atoms with Crippen LogP contribution >= 0.6 is 11.8 Å². The summed E-state index contributed by atoms with van der Waals surface area (Å²) in [5.41, 5.74) is 9.37. The molecular formula is C16H17NO2S. The van der Waals surface area contributed by atoms with Gasteiger partial charge < -0.3 is 10.5 Å². The van der Waals surface area contributed by atoms with Crippen LogP contribution in [0.5, 0.6) is 0 Å². The second-order valence-corrected chi connectivity index (χ2v) is 5.55. The first-order valence-corrected chi connectivity index (χ1v) is 7.25. The Balaban J connectivity index is 2.07. The lowest BCUT2D eigenvalue weighted by Gasteiger charge is -2.06. The number of nitrogens with two attached hydrogens (primary N) is 1. The molecule has 0 bridgehead atoms. The number of carbonyl (C=O) groups is 1. The van der Waals surface area contributed by atoms with Crippen LogP contribution in [0.1, 0.15) is 21.5 Å². The van der Waals surface area contributed by atoms with Gasteiger partial charge in [0.2, 0.25) is 0 Å². The monoisotopic (exact) mass is 287 g/mol. The zero-order chi connectivity index (χ0) is 14.5. The predicted molar refractivity (Wildman–Crippen MR) is 82.9 cm³/mol. The summed E-state index contributed by atoms with van der Waals surface area (Å²) >= 11 is 1.72. The number of carbonyl (C=O) groups excluding carboxylic acids is 1. The van der Waals surface area contributed by atoms with E-state index in [9.17, 15) is 4.79 Å². The van der Waals surface area contributed by atoms with Gasteiger partial charge in [0.05, 0.1) is 12.7 Å². The molecule has 0 aromatic heterocycles. The molecule has 2 aromatic carbocycles. The number of hydrogen-bond acceptors (Lipinski definition) is 4. The number of aryl methyl sites for hydroxylation is 1. The highest BCUT2D eigenvalue weighted by Crippen LogP contribution is 2.26. The number of esters is 1. The van der Waals surface area contributed by atoms with E-state index < -0.39 is 0 Å². The number of methoxy groups -OCH3 is 1. The van der Waals surface area contributed by atoms with Crippen LogP contribution < -0.4 is 5.73 Å². The van der Waals surface area contributed by atoms with Crippen LogP contribution in [0.15, 0.2) is 47.4 Å². The minimum absolute atomic E-state index is 0.305. The van der Waals surface area contributed by atoms with Crippen LogP contribution in [0.25, 0.3) is 0 Å². The molecule has 2 aromatic rings. The number of rotatable bonds is 4.